The zero-order valence-electron chi connectivity index (χ0n) is 34.5. The minimum Gasteiger partial charge on any atom is -0.307 e. The van der Waals surface area contributed by atoms with Crippen LogP contribution in [-0.4, -0.2) is 9.13 Å². The molecule has 0 spiro atoms. The third-order valence-corrected chi connectivity index (χ3v) is 15.5. The van der Waals surface area contributed by atoms with Gasteiger partial charge in [0.1, 0.15) is 0 Å². The summed E-state index contributed by atoms with van der Waals surface area (Å²) in [5.74, 6) is 0. The lowest BCUT2D eigenvalue weighted by Gasteiger charge is -2.22. The van der Waals surface area contributed by atoms with E-state index >= 15 is 0 Å². The summed E-state index contributed by atoms with van der Waals surface area (Å²) in [5.41, 5.74) is 17.3. The van der Waals surface area contributed by atoms with Crippen LogP contribution in [0, 0.1) is 0 Å². The maximum absolute atomic E-state index is 2.55. The number of rotatable bonds is 6. The van der Waals surface area contributed by atoms with E-state index in [4.69, 9.17) is 0 Å². The van der Waals surface area contributed by atoms with Crippen LogP contribution in [0.3, 0.4) is 0 Å². The Bertz CT molecular complexity index is 3740. The molecule has 4 heteroatoms. The second-order valence-corrected chi connectivity index (χ2v) is 18.8. The Morgan fingerprint density at radius 2 is 0.625 bits per heavy atom. The molecule has 0 aliphatic carbocycles. The molecule has 0 saturated carbocycles. The predicted octanol–water partition coefficient (Wildman–Crippen LogP) is 17.5. The van der Waals surface area contributed by atoms with Crippen LogP contribution in [0.25, 0.3) is 129 Å². The molecule has 2 aromatic heterocycles. The van der Waals surface area contributed by atoms with E-state index in [-0.39, 0.29) is 0 Å². The molecular formula is C60H36N2S2. The van der Waals surface area contributed by atoms with Crippen LogP contribution in [0.2, 0.25) is 0 Å². The molecule has 0 unspecified atom stereocenters. The first-order valence-electron chi connectivity index (χ1n) is 21.8. The molecule has 298 valence electrons. The minimum absolute atomic E-state index is 1.16. The van der Waals surface area contributed by atoms with E-state index in [1.807, 2.05) is 22.7 Å². The number of hydrogen-bond acceptors (Lipinski definition) is 2. The summed E-state index contributed by atoms with van der Waals surface area (Å²) < 4.78 is 10.3. The molecule has 0 atom stereocenters. The Labute approximate surface area is 377 Å². The molecule has 64 heavy (non-hydrogen) atoms. The van der Waals surface area contributed by atoms with Crippen molar-refractivity contribution < 1.29 is 0 Å². The van der Waals surface area contributed by atoms with Gasteiger partial charge in [-0.3, -0.25) is 0 Å². The van der Waals surface area contributed by atoms with Gasteiger partial charge in [0.25, 0.3) is 0 Å². The average Bonchev–Trinajstić information content (AvgIpc) is 3.90. The first kappa shape index (κ1) is 35.8. The molecule has 0 fully saturated rings. The van der Waals surface area contributed by atoms with Crippen molar-refractivity contribution in [2.24, 2.45) is 0 Å². The van der Waals surface area contributed by atoms with Crippen molar-refractivity contribution in [2.45, 2.75) is 0 Å². The zero-order valence-corrected chi connectivity index (χ0v) is 36.1. The third kappa shape index (κ3) is 5.06. The Balaban J connectivity index is 1.18. The van der Waals surface area contributed by atoms with Crippen LogP contribution >= 0.6 is 22.7 Å². The topological polar surface area (TPSA) is 9.86 Å². The summed E-state index contributed by atoms with van der Waals surface area (Å²) in [5, 5.41) is 7.76. The quantitative estimate of drug-likeness (QED) is 0.117. The summed E-state index contributed by atoms with van der Waals surface area (Å²) in [7, 11) is 0. The Hall–Kier alpha value is -7.76. The first-order chi connectivity index (χ1) is 31.8. The maximum atomic E-state index is 2.55. The highest BCUT2D eigenvalue weighted by molar-refractivity contribution is 7.28. The zero-order chi connectivity index (χ0) is 41.9. The van der Waals surface area contributed by atoms with Gasteiger partial charge in [-0.1, -0.05) is 170 Å². The highest BCUT2D eigenvalue weighted by Gasteiger charge is 2.31. The van der Waals surface area contributed by atoms with Gasteiger partial charge in [0.05, 0.1) is 31.8 Å². The van der Waals surface area contributed by atoms with Gasteiger partial charge in [0.2, 0.25) is 0 Å². The highest BCUT2D eigenvalue weighted by Crippen LogP contribution is 2.57. The standard InChI is InChI=1S/C60H36N2S2/c1-7-19-37(20-8-1)49-45-35-41-31-33-48-53-51(41)59(57(45)61(43-27-15-5-16-28-43)55(49)39-23-11-3-12-24-39)63-47-34-32-42-36-46-50(38-21-9-2-10-22-38)56(40-25-13-4-14-26-40)62(44-29-17-6-18-30-44)58(46)60(64-48)52(42)54(47)53/h1-36H. The smallest absolute Gasteiger partial charge is 0.0720 e. The fourth-order valence-electron chi connectivity index (χ4n) is 10.7. The fraction of sp³-hybridized carbons (Fsp3) is 0. The first-order valence-corrected chi connectivity index (χ1v) is 23.5. The monoisotopic (exact) mass is 848 g/mol. The van der Waals surface area contributed by atoms with Crippen molar-refractivity contribution in [1.29, 1.82) is 0 Å². The molecule has 0 N–H and O–H groups in total. The lowest BCUT2D eigenvalue weighted by molar-refractivity contribution is 1.14. The van der Waals surface area contributed by atoms with Crippen molar-refractivity contribution >= 4 is 84.8 Å². The van der Waals surface area contributed by atoms with Gasteiger partial charge >= 0.3 is 0 Å². The van der Waals surface area contributed by atoms with Crippen molar-refractivity contribution in [2.75, 3.05) is 0 Å². The van der Waals surface area contributed by atoms with Crippen molar-refractivity contribution in [3.05, 3.63) is 218 Å². The molecular weight excluding hydrogens is 813 g/mol. The number of aromatic nitrogens is 2. The minimum atomic E-state index is 1.16. The summed E-state index contributed by atoms with van der Waals surface area (Å²) >= 11 is 3.90. The van der Waals surface area contributed by atoms with Crippen LogP contribution < -0.4 is 0 Å². The van der Waals surface area contributed by atoms with Gasteiger partial charge in [0, 0.05) is 64.6 Å². The van der Waals surface area contributed by atoms with E-state index in [1.165, 1.54) is 118 Å². The maximum Gasteiger partial charge on any atom is 0.0720 e. The summed E-state index contributed by atoms with van der Waals surface area (Å²) in [6.45, 7) is 0. The highest BCUT2D eigenvalue weighted by atomic mass is 32.1. The number of hydrogen-bond donors (Lipinski definition) is 0. The molecule has 0 bridgehead atoms. The molecule has 0 saturated heterocycles. The molecule has 12 aromatic rings. The molecule has 4 heterocycles. The van der Waals surface area contributed by atoms with Gasteiger partial charge in [-0.05, 0) is 81.6 Å². The van der Waals surface area contributed by atoms with Gasteiger partial charge in [-0.15, -0.1) is 22.7 Å². The molecule has 2 aliphatic rings. The van der Waals surface area contributed by atoms with Gasteiger partial charge in [-0.2, -0.15) is 0 Å². The SMILES string of the molecule is c1ccc(-c2c(-c3ccccc3)n(-c3ccccc3)c3c2cc2ccc4sc5c6c7c(ccc6cc6c(-c8ccccc8)c(-c8ccccc8)n(-c8ccccc8)c65)sc3c2c4-7)cc1. The van der Waals surface area contributed by atoms with Gasteiger partial charge in [-0.25, -0.2) is 0 Å². The number of fused-ring (bicyclic) bond motifs is 4. The molecule has 14 rings (SSSR count). The largest absolute Gasteiger partial charge is 0.307 e. The van der Waals surface area contributed by atoms with Crippen LogP contribution in [-0.2, 0) is 0 Å². The second kappa shape index (κ2) is 13.9. The van der Waals surface area contributed by atoms with Crippen LogP contribution in [0.5, 0.6) is 0 Å². The molecule has 10 aromatic carbocycles. The van der Waals surface area contributed by atoms with E-state index in [0.29, 0.717) is 0 Å². The predicted molar refractivity (Wildman–Crippen MR) is 275 cm³/mol. The van der Waals surface area contributed by atoms with Crippen LogP contribution in [0.1, 0.15) is 0 Å². The molecule has 2 nitrogen and oxygen atoms in total. The average molecular weight is 849 g/mol. The van der Waals surface area contributed by atoms with Crippen LogP contribution in [0.4, 0.5) is 0 Å². The molecule has 2 aliphatic heterocycles. The number of para-hydroxylation sites is 2. The summed E-state index contributed by atoms with van der Waals surface area (Å²) in [6.07, 6.45) is 0. The molecule has 0 radical (unpaired) electrons. The van der Waals surface area contributed by atoms with Crippen molar-refractivity contribution in [3.8, 4) is 67.3 Å². The number of benzene rings is 10. The van der Waals surface area contributed by atoms with Crippen molar-refractivity contribution in [1.82, 2.24) is 9.13 Å². The lowest BCUT2D eigenvalue weighted by atomic mass is 9.90. The van der Waals surface area contributed by atoms with E-state index in [1.54, 1.807) is 0 Å². The summed E-state index contributed by atoms with van der Waals surface area (Å²) in [4.78, 5) is 0. The lowest BCUT2D eigenvalue weighted by Crippen LogP contribution is -1.99. The van der Waals surface area contributed by atoms with E-state index in [0.717, 1.165) is 11.4 Å². The Kier molecular flexibility index (Phi) is 7.76. The van der Waals surface area contributed by atoms with Crippen molar-refractivity contribution in [3.63, 3.8) is 0 Å². The Morgan fingerprint density at radius 1 is 0.297 bits per heavy atom. The van der Waals surface area contributed by atoms with Gasteiger partial charge < -0.3 is 9.13 Å². The second-order valence-electron chi connectivity index (χ2n) is 16.7. The van der Waals surface area contributed by atoms with Gasteiger partial charge in [0.15, 0.2) is 0 Å². The number of nitrogens with zero attached hydrogens (tertiary/aromatic N) is 2. The van der Waals surface area contributed by atoms with E-state index < -0.39 is 0 Å². The molecule has 0 amide bonds. The van der Waals surface area contributed by atoms with E-state index in [2.05, 4.69) is 228 Å². The fourth-order valence-corrected chi connectivity index (χ4v) is 13.2. The Morgan fingerprint density at radius 3 is 0.984 bits per heavy atom. The third-order valence-electron chi connectivity index (χ3n) is 13.2. The summed E-state index contributed by atoms with van der Waals surface area (Å²) in [6, 6.07) is 80.4. The van der Waals surface area contributed by atoms with E-state index in [9.17, 15) is 0 Å². The van der Waals surface area contributed by atoms with Crippen LogP contribution in [0.15, 0.2) is 218 Å². The normalized spacial score (nSPS) is 12.1.